The lowest BCUT2D eigenvalue weighted by molar-refractivity contribution is -0.118. The molecule has 0 radical (unpaired) electrons. The van der Waals surface area contributed by atoms with Crippen LogP contribution in [0.5, 0.6) is 0 Å². The van der Waals surface area contributed by atoms with Gasteiger partial charge in [-0.1, -0.05) is 20.3 Å². The van der Waals surface area contributed by atoms with Crippen molar-refractivity contribution in [2.24, 2.45) is 13.0 Å². The van der Waals surface area contributed by atoms with E-state index in [-0.39, 0.29) is 23.3 Å². The van der Waals surface area contributed by atoms with E-state index in [1.54, 1.807) is 25.4 Å². The summed E-state index contributed by atoms with van der Waals surface area (Å²) in [6.45, 7) is 3.90. The molecule has 7 nitrogen and oxygen atoms in total. The monoisotopic (exact) mass is 340 g/mol. The summed E-state index contributed by atoms with van der Waals surface area (Å²) >= 11 is 0. The molecule has 1 aliphatic heterocycles. The molecule has 2 atom stereocenters. The van der Waals surface area contributed by atoms with Gasteiger partial charge >= 0.3 is 0 Å². The lowest BCUT2D eigenvalue weighted by Gasteiger charge is -2.38. The second-order valence-corrected chi connectivity index (χ2v) is 6.24. The number of carbonyl (C=O) groups is 2. The van der Waals surface area contributed by atoms with Gasteiger partial charge in [0, 0.05) is 25.5 Å². The predicted octanol–water partition coefficient (Wildman–Crippen LogP) is 1.79. The van der Waals surface area contributed by atoms with E-state index in [1.165, 1.54) is 27.8 Å². The minimum atomic E-state index is -0.655. The molecule has 0 saturated carbocycles. The third-order valence-electron chi connectivity index (χ3n) is 4.55. The number of aryl methyl sites for hydroxylation is 1. The molecule has 7 heteroatoms. The highest BCUT2D eigenvalue weighted by Crippen LogP contribution is 2.34. The lowest BCUT2D eigenvalue weighted by Crippen LogP contribution is -2.54. The molecule has 0 saturated heterocycles. The molecular weight excluding hydrogens is 320 g/mol. The number of rotatable bonds is 3. The summed E-state index contributed by atoms with van der Waals surface area (Å²) in [7, 11) is 1.58. The molecule has 2 amide bonds. The third kappa shape index (κ3) is 2.93. The number of carbonyl (C=O) groups excluding carboxylic acids is 2. The molecule has 0 aromatic carbocycles. The number of anilines is 2. The van der Waals surface area contributed by atoms with Crippen LogP contribution in [0, 0.1) is 5.92 Å². The van der Waals surface area contributed by atoms with Crippen molar-refractivity contribution in [1.29, 1.82) is 0 Å². The van der Waals surface area contributed by atoms with Gasteiger partial charge in [0.15, 0.2) is 5.82 Å². The van der Waals surface area contributed by atoms with Gasteiger partial charge in [0.25, 0.3) is 5.91 Å². The zero-order valence-corrected chi connectivity index (χ0v) is 14.4. The average Bonchev–Trinajstić information content (AvgIpc) is 2.61. The maximum atomic E-state index is 13.2. The van der Waals surface area contributed by atoms with E-state index in [4.69, 9.17) is 0 Å². The first-order chi connectivity index (χ1) is 11.9. The smallest absolute Gasteiger partial charge is 0.261 e. The molecule has 1 aliphatic rings. The van der Waals surface area contributed by atoms with Gasteiger partial charge in [0.2, 0.25) is 11.5 Å². The predicted molar refractivity (Wildman–Crippen MR) is 94.6 cm³/mol. The molecule has 0 spiro atoms. The van der Waals surface area contributed by atoms with Gasteiger partial charge in [-0.15, -0.1) is 0 Å². The van der Waals surface area contributed by atoms with Gasteiger partial charge in [-0.25, -0.2) is 4.98 Å². The van der Waals surface area contributed by atoms with Crippen LogP contribution in [0.2, 0.25) is 0 Å². The van der Waals surface area contributed by atoms with Gasteiger partial charge in [-0.2, -0.15) is 0 Å². The van der Waals surface area contributed by atoms with Crippen LogP contribution in [0.3, 0.4) is 0 Å². The van der Waals surface area contributed by atoms with Gasteiger partial charge in [-0.05, 0) is 24.1 Å². The van der Waals surface area contributed by atoms with Gasteiger partial charge in [-0.3, -0.25) is 19.3 Å². The molecule has 2 aromatic rings. The summed E-state index contributed by atoms with van der Waals surface area (Å²) in [5, 5.41) is 2.83. The molecule has 130 valence electrons. The molecule has 3 heterocycles. The normalized spacial score (nSPS) is 17.6. The Morgan fingerprint density at radius 3 is 2.76 bits per heavy atom. The van der Waals surface area contributed by atoms with Crippen molar-refractivity contribution in [3.05, 3.63) is 52.6 Å². The second-order valence-electron chi connectivity index (χ2n) is 6.24. The highest BCUT2D eigenvalue weighted by molar-refractivity contribution is 6.15. The highest BCUT2D eigenvalue weighted by atomic mass is 16.2. The maximum Gasteiger partial charge on any atom is 0.261 e. The largest absolute Gasteiger partial charge is 0.321 e. The fourth-order valence-corrected chi connectivity index (χ4v) is 2.96. The van der Waals surface area contributed by atoms with E-state index in [0.717, 1.165) is 6.42 Å². The van der Waals surface area contributed by atoms with Crippen LogP contribution in [-0.2, 0) is 11.8 Å². The Balaban J connectivity index is 2.13. The zero-order valence-electron chi connectivity index (χ0n) is 14.4. The molecule has 2 unspecified atom stereocenters. The molecule has 0 fully saturated rings. The summed E-state index contributed by atoms with van der Waals surface area (Å²) in [6, 6.07) is 5.59. The summed E-state index contributed by atoms with van der Waals surface area (Å²) in [5.41, 5.74) is 0.636. The summed E-state index contributed by atoms with van der Waals surface area (Å²) < 4.78 is 1.34. The Hall–Kier alpha value is -2.96. The fraction of sp³-hybridized carbons (Fsp3) is 0.333. The Morgan fingerprint density at radius 2 is 2.08 bits per heavy atom. The number of hydrogen-bond donors (Lipinski definition) is 1. The van der Waals surface area contributed by atoms with Crippen LogP contribution in [0.25, 0.3) is 0 Å². The number of fused-ring (bicyclic) bond motifs is 1. The lowest BCUT2D eigenvalue weighted by atomic mass is 9.94. The average molecular weight is 340 g/mol. The van der Waals surface area contributed by atoms with Crippen LogP contribution in [-0.4, -0.2) is 27.4 Å². The third-order valence-corrected chi connectivity index (χ3v) is 4.55. The summed E-state index contributed by atoms with van der Waals surface area (Å²) in [5.74, 6) is -0.207. The van der Waals surface area contributed by atoms with Crippen LogP contribution in [0.15, 0.2) is 41.5 Å². The summed E-state index contributed by atoms with van der Waals surface area (Å²) in [6.07, 6.45) is 3.80. The second kappa shape index (κ2) is 6.51. The first-order valence-corrected chi connectivity index (χ1v) is 8.20. The van der Waals surface area contributed by atoms with Crippen molar-refractivity contribution >= 4 is 23.3 Å². The minimum Gasteiger partial charge on any atom is -0.321 e. The minimum absolute atomic E-state index is 0.0494. The van der Waals surface area contributed by atoms with E-state index in [9.17, 15) is 14.4 Å². The number of nitrogens with zero attached hydrogens (tertiary/aromatic N) is 3. The number of nitrogens with one attached hydrogen (secondary N) is 1. The van der Waals surface area contributed by atoms with Gasteiger partial charge < -0.3 is 9.88 Å². The highest BCUT2D eigenvalue weighted by Gasteiger charge is 2.40. The van der Waals surface area contributed by atoms with Crippen LogP contribution in [0.1, 0.15) is 30.6 Å². The van der Waals surface area contributed by atoms with Crippen molar-refractivity contribution in [3.8, 4) is 0 Å². The number of aromatic nitrogens is 2. The van der Waals surface area contributed by atoms with Crippen molar-refractivity contribution < 1.29 is 9.59 Å². The Kier molecular flexibility index (Phi) is 4.39. The van der Waals surface area contributed by atoms with E-state index in [1.807, 2.05) is 13.8 Å². The molecule has 0 bridgehead atoms. The molecule has 25 heavy (non-hydrogen) atoms. The fourth-order valence-electron chi connectivity index (χ4n) is 2.96. The number of hydrogen-bond acceptors (Lipinski definition) is 4. The van der Waals surface area contributed by atoms with E-state index < -0.39 is 6.04 Å². The van der Waals surface area contributed by atoms with E-state index in [0.29, 0.717) is 17.1 Å². The Morgan fingerprint density at radius 1 is 1.32 bits per heavy atom. The molecule has 3 rings (SSSR count). The van der Waals surface area contributed by atoms with Crippen molar-refractivity contribution in [1.82, 2.24) is 9.55 Å². The van der Waals surface area contributed by atoms with E-state index >= 15 is 0 Å². The first-order valence-electron chi connectivity index (χ1n) is 8.20. The molecule has 0 aliphatic carbocycles. The van der Waals surface area contributed by atoms with Crippen molar-refractivity contribution in [3.63, 3.8) is 0 Å². The Bertz CT molecular complexity index is 890. The molecule has 2 aromatic heterocycles. The number of pyridine rings is 2. The van der Waals surface area contributed by atoms with Crippen LogP contribution >= 0.6 is 0 Å². The van der Waals surface area contributed by atoms with Crippen LogP contribution in [0.4, 0.5) is 11.5 Å². The first kappa shape index (κ1) is 16.9. The maximum absolute atomic E-state index is 13.2. The van der Waals surface area contributed by atoms with Crippen molar-refractivity contribution in [2.75, 3.05) is 10.2 Å². The Labute approximate surface area is 145 Å². The van der Waals surface area contributed by atoms with E-state index in [2.05, 4.69) is 10.3 Å². The van der Waals surface area contributed by atoms with Gasteiger partial charge in [0.05, 0.1) is 11.3 Å². The number of amides is 2. The van der Waals surface area contributed by atoms with Crippen molar-refractivity contribution in [2.45, 2.75) is 26.3 Å². The zero-order chi connectivity index (χ0) is 18.1. The molecular formula is C18H20N4O3. The quantitative estimate of drug-likeness (QED) is 0.923. The standard InChI is InChI=1S/C18H20N4O3/c1-4-11(2)15-17(24)20-13-6-5-9-19-16(13)22(15)18(25)12-7-8-14(23)21(3)10-12/h5-11,15H,4H2,1-3H3,(H,20,24). The SMILES string of the molecule is CCC(C)C1C(=O)Nc2cccnc2N1C(=O)c1ccc(=O)n(C)c1. The van der Waals surface area contributed by atoms with Crippen LogP contribution < -0.4 is 15.8 Å². The van der Waals surface area contributed by atoms with Gasteiger partial charge in [0.1, 0.15) is 6.04 Å². The topological polar surface area (TPSA) is 84.3 Å². The molecule has 1 N–H and O–H groups in total. The summed E-state index contributed by atoms with van der Waals surface area (Å²) in [4.78, 5) is 43.2.